The fourth-order valence-corrected chi connectivity index (χ4v) is 7.75. The van der Waals surface area contributed by atoms with Gasteiger partial charge in [-0.3, -0.25) is 4.79 Å². The zero-order chi connectivity index (χ0) is 27.7. The van der Waals surface area contributed by atoms with E-state index in [9.17, 15) is 26.4 Å². The molecule has 0 radical (unpaired) electrons. The number of sulfone groups is 1. The normalized spacial score (nSPS) is 21.1. The number of fused-ring (bicyclic) bond motifs is 4. The molecule has 1 amide bonds. The minimum absolute atomic E-state index is 0.00518. The predicted octanol–water partition coefficient (Wildman–Crippen LogP) is 4.84. The second-order valence-electron chi connectivity index (χ2n) is 10.8. The van der Waals surface area contributed by atoms with Crippen LogP contribution in [-0.2, 0) is 20.0 Å². The van der Waals surface area contributed by atoms with Crippen LogP contribution in [0.3, 0.4) is 0 Å². The van der Waals surface area contributed by atoms with Gasteiger partial charge in [0.2, 0.25) is 5.91 Å². The SMILES string of the molecule is CN(C(=O)C1CCS(=O)(=O)CC1)[C@@H](c1ccc(N2CCC3(CC3)c3c2cnc2cc(Cl)nn32)cc1)C(F)(F)F. The summed E-state index contributed by atoms with van der Waals surface area (Å²) in [5.74, 6) is -1.81. The molecule has 1 aliphatic carbocycles. The molecule has 1 saturated heterocycles. The maximum atomic E-state index is 14.3. The maximum Gasteiger partial charge on any atom is 0.413 e. The van der Waals surface area contributed by atoms with Gasteiger partial charge < -0.3 is 9.80 Å². The lowest BCUT2D eigenvalue weighted by Gasteiger charge is -2.36. The molecule has 2 fully saturated rings. The fraction of sp³-hybridized carbons (Fsp3) is 0.500. The van der Waals surface area contributed by atoms with E-state index in [4.69, 9.17) is 11.6 Å². The molecule has 6 rings (SSSR count). The van der Waals surface area contributed by atoms with Gasteiger partial charge in [-0.25, -0.2) is 17.9 Å². The van der Waals surface area contributed by atoms with Crippen molar-refractivity contribution >= 4 is 44.4 Å². The highest BCUT2D eigenvalue weighted by molar-refractivity contribution is 7.91. The van der Waals surface area contributed by atoms with Gasteiger partial charge in [-0.15, -0.1) is 0 Å². The highest BCUT2D eigenvalue weighted by Gasteiger charge is 2.51. The Morgan fingerprint density at radius 2 is 1.82 bits per heavy atom. The maximum absolute atomic E-state index is 14.3. The van der Waals surface area contributed by atoms with Gasteiger partial charge in [0, 0.05) is 36.7 Å². The Labute approximate surface area is 228 Å². The third-order valence-electron chi connectivity index (χ3n) is 8.36. The monoisotopic (exact) mass is 581 g/mol. The van der Waals surface area contributed by atoms with Crippen LogP contribution in [0, 0.1) is 5.92 Å². The van der Waals surface area contributed by atoms with Gasteiger partial charge in [0.25, 0.3) is 0 Å². The van der Waals surface area contributed by atoms with Gasteiger partial charge in [-0.2, -0.15) is 18.3 Å². The molecule has 1 saturated carbocycles. The number of aromatic nitrogens is 3. The van der Waals surface area contributed by atoms with Crippen molar-refractivity contribution in [3.05, 3.63) is 52.9 Å². The van der Waals surface area contributed by atoms with Crippen LogP contribution < -0.4 is 4.90 Å². The number of anilines is 2. The molecule has 8 nitrogen and oxygen atoms in total. The summed E-state index contributed by atoms with van der Waals surface area (Å²) in [6, 6.07) is 5.63. The first-order valence-corrected chi connectivity index (χ1v) is 15.0. The number of rotatable bonds is 4. The number of alkyl halides is 3. The number of hydrogen-bond acceptors (Lipinski definition) is 6. The van der Waals surface area contributed by atoms with Gasteiger partial charge in [0.1, 0.15) is 9.84 Å². The molecule has 0 bridgehead atoms. The average Bonchev–Trinajstić information content (AvgIpc) is 3.53. The van der Waals surface area contributed by atoms with E-state index in [1.54, 1.807) is 28.9 Å². The second-order valence-corrected chi connectivity index (χ2v) is 13.5. The van der Waals surface area contributed by atoms with Gasteiger partial charge in [0.05, 0.1) is 29.1 Å². The summed E-state index contributed by atoms with van der Waals surface area (Å²) in [7, 11) is -2.10. The molecule has 208 valence electrons. The molecule has 13 heteroatoms. The number of amides is 1. The molecule has 4 heterocycles. The Bertz CT molecular complexity index is 1540. The van der Waals surface area contributed by atoms with E-state index in [-0.39, 0.29) is 35.3 Å². The lowest BCUT2D eigenvalue weighted by Crippen LogP contribution is -2.44. The van der Waals surface area contributed by atoms with Crippen molar-refractivity contribution in [2.75, 3.05) is 30.0 Å². The van der Waals surface area contributed by atoms with Crippen molar-refractivity contribution in [3.8, 4) is 0 Å². The molecule has 0 unspecified atom stereocenters. The third kappa shape index (κ3) is 4.65. The van der Waals surface area contributed by atoms with Gasteiger partial charge in [0.15, 0.2) is 16.8 Å². The molecule has 39 heavy (non-hydrogen) atoms. The van der Waals surface area contributed by atoms with Crippen LogP contribution in [0.4, 0.5) is 24.5 Å². The van der Waals surface area contributed by atoms with Crippen LogP contribution in [0.5, 0.6) is 0 Å². The van der Waals surface area contributed by atoms with Crippen LogP contribution >= 0.6 is 11.6 Å². The van der Waals surface area contributed by atoms with Crippen LogP contribution in [0.25, 0.3) is 5.65 Å². The molecule has 3 aliphatic rings. The van der Waals surface area contributed by atoms with Crippen LogP contribution in [-0.4, -0.2) is 65.1 Å². The zero-order valence-electron chi connectivity index (χ0n) is 21.2. The summed E-state index contributed by atoms with van der Waals surface area (Å²) in [5, 5.41) is 4.78. The number of carbonyl (C=O) groups excluding carboxylic acids is 1. The van der Waals surface area contributed by atoms with Crippen molar-refractivity contribution in [1.29, 1.82) is 0 Å². The van der Waals surface area contributed by atoms with Crippen LogP contribution in [0.2, 0.25) is 5.15 Å². The molecular formula is C26H27ClF3N5O3S. The highest BCUT2D eigenvalue weighted by Crippen LogP contribution is 2.57. The van der Waals surface area contributed by atoms with Crippen LogP contribution in [0.15, 0.2) is 36.5 Å². The van der Waals surface area contributed by atoms with E-state index in [1.165, 1.54) is 12.1 Å². The molecule has 0 N–H and O–H groups in total. The van der Waals surface area contributed by atoms with Crippen molar-refractivity contribution in [2.45, 2.75) is 49.7 Å². The second kappa shape index (κ2) is 9.09. The number of nitrogens with zero attached hydrogens (tertiary/aromatic N) is 5. The van der Waals surface area contributed by atoms with E-state index >= 15 is 0 Å². The lowest BCUT2D eigenvalue weighted by molar-refractivity contribution is -0.190. The topological polar surface area (TPSA) is 87.9 Å². The van der Waals surface area contributed by atoms with E-state index in [1.807, 2.05) is 4.90 Å². The Kier molecular flexibility index (Phi) is 6.14. The number of hydrogen-bond donors (Lipinski definition) is 0. The van der Waals surface area contributed by atoms with E-state index in [0.29, 0.717) is 27.9 Å². The average molecular weight is 582 g/mol. The van der Waals surface area contributed by atoms with Gasteiger partial charge in [-0.1, -0.05) is 23.7 Å². The van der Waals surface area contributed by atoms with Crippen molar-refractivity contribution in [1.82, 2.24) is 19.5 Å². The Balaban J connectivity index is 1.29. The molecular weight excluding hydrogens is 555 g/mol. The largest absolute Gasteiger partial charge is 0.413 e. The molecule has 1 spiro atoms. The first-order chi connectivity index (χ1) is 18.4. The molecule has 2 aliphatic heterocycles. The molecule has 1 aromatic carbocycles. The van der Waals surface area contributed by atoms with Crippen molar-refractivity contribution in [3.63, 3.8) is 0 Å². The summed E-state index contributed by atoms with van der Waals surface area (Å²) in [4.78, 5) is 20.2. The van der Waals surface area contributed by atoms with Crippen molar-refractivity contribution < 1.29 is 26.4 Å². The summed E-state index contributed by atoms with van der Waals surface area (Å²) < 4.78 is 68.0. The third-order valence-corrected chi connectivity index (χ3v) is 10.3. The Morgan fingerprint density at radius 1 is 1.15 bits per heavy atom. The standard InChI is InChI=1S/C26H27ClF3N5O3S/c1-33(24(36)17-6-12-39(37,38)13-7-17)22(26(28,29)30)16-2-4-18(5-3-16)34-11-10-25(8-9-25)23-19(34)15-31-21-14-20(27)32-35(21)23/h2-5,14-15,17,22H,6-13H2,1H3/t22-/m0/s1. The minimum atomic E-state index is -4.71. The molecule has 1 atom stereocenters. The molecule has 2 aromatic heterocycles. The summed E-state index contributed by atoms with van der Waals surface area (Å²) in [5.41, 5.74) is 3.17. The summed E-state index contributed by atoms with van der Waals surface area (Å²) in [6.45, 7) is 0.681. The highest BCUT2D eigenvalue weighted by atomic mass is 35.5. The van der Waals surface area contributed by atoms with E-state index in [2.05, 4.69) is 10.1 Å². The van der Waals surface area contributed by atoms with Crippen LogP contribution in [0.1, 0.15) is 49.4 Å². The van der Waals surface area contributed by atoms with E-state index in [0.717, 1.165) is 37.7 Å². The van der Waals surface area contributed by atoms with Crippen molar-refractivity contribution in [2.24, 2.45) is 5.92 Å². The van der Waals surface area contributed by atoms with E-state index < -0.39 is 33.9 Å². The molecule has 3 aromatic rings. The quantitative estimate of drug-likeness (QED) is 0.438. The van der Waals surface area contributed by atoms with Gasteiger partial charge in [-0.05, 0) is 49.8 Å². The minimum Gasteiger partial charge on any atom is -0.339 e. The number of benzene rings is 1. The Hall–Kier alpha value is -2.86. The predicted molar refractivity (Wildman–Crippen MR) is 140 cm³/mol. The lowest BCUT2D eigenvalue weighted by atomic mass is 9.91. The summed E-state index contributed by atoms with van der Waals surface area (Å²) >= 11 is 6.15. The smallest absolute Gasteiger partial charge is 0.339 e. The fourth-order valence-electron chi connectivity index (χ4n) is 6.08. The summed E-state index contributed by atoms with van der Waals surface area (Å²) in [6.07, 6.45) is 0.0653. The van der Waals surface area contributed by atoms with Gasteiger partial charge >= 0.3 is 6.18 Å². The number of halogens is 4. The Morgan fingerprint density at radius 3 is 2.44 bits per heavy atom. The first-order valence-electron chi connectivity index (χ1n) is 12.8. The zero-order valence-corrected chi connectivity index (χ0v) is 22.7. The first kappa shape index (κ1) is 26.4. The number of carbonyl (C=O) groups is 1.